The molecular formula is C11H5BrF2O2S. The Morgan fingerprint density at radius 2 is 1.94 bits per heavy atom. The largest absolute Gasteiger partial charge is 0.505 e. The van der Waals surface area contributed by atoms with Gasteiger partial charge in [-0.25, -0.2) is 8.78 Å². The van der Waals surface area contributed by atoms with Crippen LogP contribution in [0.15, 0.2) is 28.1 Å². The number of benzene rings is 1. The van der Waals surface area contributed by atoms with Crippen LogP contribution >= 0.6 is 27.3 Å². The van der Waals surface area contributed by atoms with E-state index in [-0.39, 0.29) is 4.88 Å². The smallest absolute Gasteiger partial charge is 0.209 e. The second kappa shape index (κ2) is 4.54. The molecule has 0 spiro atoms. The van der Waals surface area contributed by atoms with Gasteiger partial charge in [0.05, 0.1) is 14.2 Å². The highest BCUT2D eigenvalue weighted by Crippen LogP contribution is 2.28. The molecule has 0 saturated carbocycles. The molecule has 1 N–H and O–H groups in total. The Hall–Kier alpha value is -1.27. The van der Waals surface area contributed by atoms with E-state index in [1.54, 1.807) is 6.07 Å². The van der Waals surface area contributed by atoms with Crippen LogP contribution < -0.4 is 0 Å². The number of rotatable bonds is 2. The monoisotopic (exact) mass is 318 g/mol. The highest BCUT2D eigenvalue weighted by molar-refractivity contribution is 9.11. The van der Waals surface area contributed by atoms with Crippen molar-refractivity contribution in [1.29, 1.82) is 0 Å². The molecular weight excluding hydrogens is 314 g/mol. The van der Waals surface area contributed by atoms with Crippen LogP contribution in [-0.4, -0.2) is 10.9 Å². The van der Waals surface area contributed by atoms with Crippen LogP contribution in [0.2, 0.25) is 0 Å². The molecule has 6 heteroatoms. The van der Waals surface area contributed by atoms with Gasteiger partial charge in [-0.3, -0.25) is 4.79 Å². The molecule has 0 radical (unpaired) electrons. The number of phenols is 1. The lowest BCUT2D eigenvalue weighted by Crippen LogP contribution is -2.05. The van der Waals surface area contributed by atoms with Crippen molar-refractivity contribution in [3.63, 3.8) is 0 Å². The quantitative estimate of drug-likeness (QED) is 0.857. The minimum absolute atomic E-state index is 0.195. The summed E-state index contributed by atoms with van der Waals surface area (Å²) in [6.07, 6.45) is 0. The second-order valence-corrected chi connectivity index (χ2v) is 5.65. The maximum Gasteiger partial charge on any atom is 0.209 e. The van der Waals surface area contributed by atoms with Gasteiger partial charge in [-0.2, -0.15) is 0 Å². The van der Waals surface area contributed by atoms with Gasteiger partial charge in [0.15, 0.2) is 11.6 Å². The zero-order valence-electron chi connectivity index (χ0n) is 8.21. The van der Waals surface area contributed by atoms with Crippen molar-refractivity contribution in [2.45, 2.75) is 0 Å². The van der Waals surface area contributed by atoms with E-state index in [4.69, 9.17) is 5.11 Å². The Morgan fingerprint density at radius 3 is 2.53 bits per heavy atom. The highest BCUT2D eigenvalue weighted by atomic mass is 79.9. The topological polar surface area (TPSA) is 37.3 Å². The number of carbonyl (C=O) groups excluding carboxylic acids is 1. The van der Waals surface area contributed by atoms with E-state index >= 15 is 0 Å². The molecule has 0 aliphatic heterocycles. The third kappa shape index (κ3) is 2.23. The molecule has 0 bridgehead atoms. The van der Waals surface area contributed by atoms with E-state index < -0.39 is 28.7 Å². The molecule has 1 aromatic heterocycles. The first-order chi connectivity index (χ1) is 8.00. The van der Waals surface area contributed by atoms with Crippen molar-refractivity contribution in [3.8, 4) is 5.75 Å². The number of hydrogen-bond acceptors (Lipinski definition) is 3. The standard InChI is InChI=1S/C11H5BrF2O2S/c12-8-4-3-7(17-8)11(16)9-5(13)1-2-6(15)10(9)14/h1-4,15H. The average Bonchev–Trinajstić information content (AvgIpc) is 2.71. The zero-order valence-corrected chi connectivity index (χ0v) is 10.6. The fourth-order valence-corrected chi connectivity index (χ4v) is 2.64. The summed E-state index contributed by atoms with van der Waals surface area (Å²) in [4.78, 5) is 12.0. The Labute approximate surface area is 108 Å². The molecule has 0 fully saturated rings. The van der Waals surface area contributed by atoms with E-state index in [9.17, 15) is 13.6 Å². The summed E-state index contributed by atoms with van der Waals surface area (Å²) in [6, 6.07) is 4.79. The van der Waals surface area contributed by atoms with E-state index in [1.165, 1.54) is 6.07 Å². The molecule has 1 heterocycles. The normalized spacial score (nSPS) is 10.5. The second-order valence-electron chi connectivity index (χ2n) is 3.19. The summed E-state index contributed by atoms with van der Waals surface area (Å²) in [7, 11) is 0. The highest BCUT2D eigenvalue weighted by Gasteiger charge is 2.22. The van der Waals surface area contributed by atoms with Crippen molar-refractivity contribution in [3.05, 3.63) is 50.1 Å². The molecule has 0 atom stereocenters. The molecule has 0 saturated heterocycles. The average molecular weight is 319 g/mol. The number of thiophene rings is 1. The Morgan fingerprint density at radius 1 is 1.24 bits per heavy atom. The Balaban J connectivity index is 2.54. The van der Waals surface area contributed by atoms with Gasteiger partial charge in [0, 0.05) is 0 Å². The Bertz CT molecular complexity index is 595. The van der Waals surface area contributed by atoms with Crippen LogP contribution in [-0.2, 0) is 0 Å². The summed E-state index contributed by atoms with van der Waals surface area (Å²) in [6.45, 7) is 0. The van der Waals surface area contributed by atoms with Gasteiger partial charge in [-0.1, -0.05) is 0 Å². The van der Waals surface area contributed by atoms with Gasteiger partial charge in [0.2, 0.25) is 5.78 Å². The molecule has 0 aliphatic rings. The zero-order chi connectivity index (χ0) is 12.6. The van der Waals surface area contributed by atoms with Crippen LogP contribution in [0.3, 0.4) is 0 Å². The van der Waals surface area contributed by atoms with Gasteiger partial charge >= 0.3 is 0 Å². The summed E-state index contributed by atoms with van der Waals surface area (Å²) in [5, 5.41) is 9.13. The lowest BCUT2D eigenvalue weighted by atomic mass is 10.1. The lowest BCUT2D eigenvalue weighted by Gasteiger charge is -2.03. The maximum atomic E-state index is 13.5. The van der Waals surface area contributed by atoms with E-state index in [1.807, 2.05) is 0 Å². The van der Waals surface area contributed by atoms with Gasteiger partial charge < -0.3 is 5.11 Å². The van der Waals surface area contributed by atoms with Gasteiger partial charge in [0.1, 0.15) is 5.82 Å². The number of halogens is 3. The molecule has 2 rings (SSSR count). The van der Waals surface area contributed by atoms with Crippen molar-refractivity contribution in [2.75, 3.05) is 0 Å². The van der Waals surface area contributed by atoms with Crippen LogP contribution in [0.25, 0.3) is 0 Å². The Kier molecular flexibility index (Phi) is 3.26. The third-order valence-electron chi connectivity index (χ3n) is 2.09. The summed E-state index contributed by atoms with van der Waals surface area (Å²) in [5.74, 6) is -3.76. The first-order valence-electron chi connectivity index (χ1n) is 4.47. The fourth-order valence-electron chi connectivity index (χ4n) is 1.31. The van der Waals surface area contributed by atoms with Crippen molar-refractivity contribution < 1.29 is 18.7 Å². The van der Waals surface area contributed by atoms with E-state index in [0.29, 0.717) is 3.79 Å². The SMILES string of the molecule is O=C(c1ccc(Br)s1)c1c(F)ccc(O)c1F. The fraction of sp³-hybridized carbons (Fsp3) is 0. The van der Waals surface area contributed by atoms with Gasteiger partial charge in [0.25, 0.3) is 0 Å². The summed E-state index contributed by atoms with van der Waals surface area (Å²) >= 11 is 4.22. The molecule has 0 aliphatic carbocycles. The van der Waals surface area contributed by atoms with Crippen LogP contribution in [0.4, 0.5) is 8.78 Å². The first-order valence-corrected chi connectivity index (χ1v) is 6.08. The molecule has 17 heavy (non-hydrogen) atoms. The maximum absolute atomic E-state index is 13.5. The van der Waals surface area contributed by atoms with Crippen LogP contribution in [0.5, 0.6) is 5.75 Å². The molecule has 1 aromatic carbocycles. The number of ketones is 1. The van der Waals surface area contributed by atoms with Crippen molar-refractivity contribution in [1.82, 2.24) is 0 Å². The van der Waals surface area contributed by atoms with E-state index in [0.717, 1.165) is 23.5 Å². The number of carbonyl (C=O) groups is 1. The third-order valence-corrected chi connectivity index (χ3v) is 3.72. The number of hydrogen-bond donors (Lipinski definition) is 1. The van der Waals surface area contributed by atoms with Gasteiger partial charge in [-0.15, -0.1) is 11.3 Å². The molecule has 2 nitrogen and oxygen atoms in total. The van der Waals surface area contributed by atoms with Crippen molar-refractivity contribution in [2.24, 2.45) is 0 Å². The lowest BCUT2D eigenvalue weighted by molar-refractivity contribution is 0.103. The minimum atomic E-state index is -1.24. The molecule has 88 valence electrons. The molecule has 2 aromatic rings. The predicted octanol–water partition coefficient (Wildman–Crippen LogP) is 3.73. The summed E-state index contributed by atoms with van der Waals surface area (Å²) in [5.41, 5.74) is -0.737. The van der Waals surface area contributed by atoms with Crippen LogP contribution in [0.1, 0.15) is 15.2 Å². The van der Waals surface area contributed by atoms with Crippen molar-refractivity contribution >= 4 is 33.0 Å². The number of aromatic hydroxyl groups is 1. The number of phenolic OH excluding ortho intramolecular Hbond substituents is 1. The minimum Gasteiger partial charge on any atom is -0.505 e. The molecule has 0 unspecified atom stereocenters. The first kappa shape index (κ1) is 12.2. The predicted molar refractivity (Wildman–Crippen MR) is 63.5 cm³/mol. The van der Waals surface area contributed by atoms with E-state index in [2.05, 4.69) is 15.9 Å². The van der Waals surface area contributed by atoms with Crippen LogP contribution in [0, 0.1) is 11.6 Å². The summed E-state index contributed by atoms with van der Waals surface area (Å²) < 4.78 is 27.6. The van der Waals surface area contributed by atoms with Gasteiger partial charge in [-0.05, 0) is 40.2 Å². The molecule has 0 amide bonds.